The second kappa shape index (κ2) is 6.22. The van der Waals surface area contributed by atoms with E-state index in [-0.39, 0.29) is 11.1 Å². The molecule has 0 atom stereocenters. The zero-order chi connectivity index (χ0) is 16.4. The van der Waals surface area contributed by atoms with Gasteiger partial charge in [-0.3, -0.25) is 4.79 Å². The van der Waals surface area contributed by atoms with Gasteiger partial charge in [0.25, 0.3) is 5.56 Å². The lowest BCUT2D eigenvalue weighted by Crippen LogP contribution is -2.13. The van der Waals surface area contributed by atoms with E-state index in [4.69, 9.17) is 16.7 Å². The number of nitrogens with zero attached hydrogens (tertiary/aromatic N) is 1. The molecule has 0 aliphatic heterocycles. The van der Waals surface area contributed by atoms with Crippen LogP contribution in [0.3, 0.4) is 0 Å². The number of carboxylic acid groups (broad SMARTS) is 1. The maximum atomic E-state index is 12.1. The van der Waals surface area contributed by atoms with Crippen molar-refractivity contribution in [1.82, 2.24) is 9.97 Å². The number of nitrogens with one attached hydrogen (secondary N) is 1. The van der Waals surface area contributed by atoms with E-state index in [0.29, 0.717) is 34.6 Å². The van der Waals surface area contributed by atoms with Gasteiger partial charge in [0.15, 0.2) is 0 Å². The zero-order valence-corrected chi connectivity index (χ0v) is 12.8. The molecule has 0 aliphatic carbocycles. The first kappa shape index (κ1) is 15.2. The first-order chi connectivity index (χ1) is 11.0. The van der Waals surface area contributed by atoms with Crippen molar-refractivity contribution in [3.63, 3.8) is 0 Å². The summed E-state index contributed by atoms with van der Waals surface area (Å²) in [5, 5.41) is 10.1. The average Bonchev–Trinajstić information content (AvgIpc) is 2.52. The van der Waals surface area contributed by atoms with Crippen LogP contribution in [0, 0.1) is 0 Å². The molecule has 3 aromatic rings. The summed E-state index contributed by atoms with van der Waals surface area (Å²) < 4.78 is 0. The van der Waals surface area contributed by atoms with Gasteiger partial charge in [0.05, 0.1) is 16.5 Å². The van der Waals surface area contributed by atoms with E-state index in [1.54, 1.807) is 6.07 Å². The van der Waals surface area contributed by atoms with Gasteiger partial charge in [-0.05, 0) is 42.3 Å². The van der Waals surface area contributed by atoms with Crippen LogP contribution in [0.2, 0.25) is 5.02 Å². The number of benzene rings is 2. The first-order valence-electron chi connectivity index (χ1n) is 7.03. The van der Waals surface area contributed by atoms with E-state index in [1.165, 1.54) is 18.2 Å². The third-order valence-corrected chi connectivity index (χ3v) is 3.78. The van der Waals surface area contributed by atoms with Gasteiger partial charge < -0.3 is 10.1 Å². The van der Waals surface area contributed by atoms with Crippen molar-refractivity contribution >= 4 is 28.5 Å². The predicted octanol–water partition coefficient (Wildman–Crippen LogP) is 3.06. The van der Waals surface area contributed by atoms with Crippen LogP contribution in [-0.2, 0) is 12.8 Å². The Kier molecular flexibility index (Phi) is 4.12. The molecule has 6 heteroatoms. The van der Waals surface area contributed by atoms with Crippen LogP contribution in [-0.4, -0.2) is 21.0 Å². The highest BCUT2D eigenvalue weighted by atomic mass is 35.5. The van der Waals surface area contributed by atoms with Crippen molar-refractivity contribution in [1.29, 1.82) is 0 Å². The molecular weight excluding hydrogens is 316 g/mol. The summed E-state index contributed by atoms with van der Waals surface area (Å²) >= 11 is 5.95. The lowest BCUT2D eigenvalue weighted by Gasteiger charge is -2.05. The Morgan fingerprint density at radius 1 is 1.17 bits per heavy atom. The summed E-state index contributed by atoms with van der Waals surface area (Å²) in [7, 11) is 0. The lowest BCUT2D eigenvalue weighted by molar-refractivity contribution is 0.0697. The molecule has 0 saturated heterocycles. The van der Waals surface area contributed by atoms with Gasteiger partial charge in [-0.15, -0.1) is 0 Å². The van der Waals surface area contributed by atoms with Crippen LogP contribution in [0.5, 0.6) is 0 Å². The van der Waals surface area contributed by atoms with Gasteiger partial charge in [0.1, 0.15) is 5.82 Å². The third-order valence-electron chi connectivity index (χ3n) is 3.54. The highest BCUT2D eigenvalue weighted by Crippen LogP contribution is 2.14. The van der Waals surface area contributed by atoms with Crippen molar-refractivity contribution in [2.75, 3.05) is 0 Å². The monoisotopic (exact) mass is 328 g/mol. The molecule has 1 heterocycles. The minimum Gasteiger partial charge on any atom is -0.478 e. The molecule has 2 N–H and O–H groups in total. The summed E-state index contributed by atoms with van der Waals surface area (Å²) in [5.74, 6) is -0.528. The van der Waals surface area contributed by atoms with Crippen molar-refractivity contribution < 1.29 is 9.90 Å². The molecule has 116 valence electrons. The van der Waals surface area contributed by atoms with Gasteiger partial charge >= 0.3 is 5.97 Å². The third kappa shape index (κ3) is 3.40. The minimum absolute atomic E-state index is 0.108. The number of fused-ring (bicyclic) bond motifs is 1. The first-order valence-corrected chi connectivity index (χ1v) is 7.41. The van der Waals surface area contributed by atoms with Crippen LogP contribution in [0.15, 0.2) is 47.3 Å². The molecule has 2 aromatic carbocycles. The average molecular weight is 329 g/mol. The Balaban J connectivity index is 1.92. The molecule has 0 amide bonds. The Morgan fingerprint density at radius 3 is 2.74 bits per heavy atom. The molecule has 0 aliphatic rings. The summed E-state index contributed by atoms with van der Waals surface area (Å²) in [6.45, 7) is 0. The Labute approximate surface area is 136 Å². The van der Waals surface area contributed by atoms with Crippen molar-refractivity contribution in [2.45, 2.75) is 12.8 Å². The number of hydrogen-bond acceptors (Lipinski definition) is 3. The molecule has 5 nitrogen and oxygen atoms in total. The molecule has 0 bridgehead atoms. The van der Waals surface area contributed by atoms with Gasteiger partial charge in [-0.25, -0.2) is 9.78 Å². The Hall–Kier alpha value is -2.66. The van der Waals surface area contributed by atoms with Crippen LogP contribution >= 0.6 is 11.6 Å². The number of hydrogen-bond donors (Lipinski definition) is 2. The summed E-state index contributed by atoms with van der Waals surface area (Å²) in [5.41, 5.74) is 1.26. The molecule has 0 fully saturated rings. The number of aromatic carboxylic acids is 1. The van der Waals surface area contributed by atoms with Crippen molar-refractivity contribution in [3.05, 3.63) is 74.8 Å². The van der Waals surface area contributed by atoms with Gasteiger partial charge in [0, 0.05) is 11.4 Å². The number of aromatic nitrogens is 2. The second-order valence-electron chi connectivity index (χ2n) is 5.18. The normalized spacial score (nSPS) is 10.8. The van der Waals surface area contributed by atoms with Crippen LogP contribution in [0.4, 0.5) is 0 Å². The highest BCUT2D eigenvalue weighted by molar-refractivity contribution is 6.30. The smallest absolute Gasteiger partial charge is 0.335 e. The fraction of sp³-hybridized carbons (Fsp3) is 0.118. The van der Waals surface area contributed by atoms with Gasteiger partial charge in [0.2, 0.25) is 0 Å². The van der Waals surface area contributed by atoms with Crippen molar-refractivity contribution in [3.8, 4) is 0 Å². The summed E-state index contributed by atoms with van der Waals surface area (Å²) in [4.78, 5) is 30.2. The number of aromatic amines is 1. The van der Waals surface area contributed by atoms with Gasteiger partial charge in [-0.2, -0.15) is 0 Å². The SMILES string of the molecule is O=C(O)c1ccc2c(=O)[nH]c(CCc3cccc(Cl)c3)nc2c1. The maximum Gasteiger partial charge on any atom is 0.335 e. The molecular formula is C17H13ClN2O3. The quantitative estimate of drug-likeness (QED) is 0.771. The van der Waals surface area contributed by atoms with Gasteiger partial charge in [-0.1, -0.05) is 23.7 Å². The fourth-order valence-corrected chi connectivity index (χ4v) is 2.61. The molecule has 0 unspecified atom stereocenters. The summed E-state index contributed by atoms with van der Waals surface area (Å²) in [6.07, 6.45) is 1.20. The number of carbonyl (C=O) groups is 1. The lowest BCUT2D eigenvalue weighted by atomic mass is 10.1. The van der Waals surface area contributed by atoms with Crippen LogP contribution < -0.4 is 5.56 Å². The minimum atomic E-state index is -1.05. The zero-order valence-electron chi connectivity index (χ0n) is 12.0. The molecule has 23 heavy (non-hydrogen) atoms. The molecule has 0 saturated carbocycles. The standard InChI is InChI=1S/C17H13ClN2O3/c18-12-3-1-2-10(8-12)4-7-15-19-14-9-11(17(22)23)5-6-13(14)16(21)20-15/h1-3,5-6,8-9H,4,7H2,(H,22,23)(H,19,20,21). The number of H-pyrrole nitrogens is 1. The molecule has 1 aromatic heterocycles. The number of halogens is 1. The molecule has 0 radical (unpaired) electrons. The molecule has 3 rings (SSSR count). The Morgan fingerprint density at radius 2 is 2.00 bits per heavy atom. The second-order valence-corrected chi connectivity index (χ2v) is 5.62. The Bertz CT molecular complexity index is 950. The largest absolute Gasteiger partial charge is 0.478 e. The predicted molar refractivity (Wildman–Crippen MR) is 88.2 cm³/mol. The topological polar surface area (TPSA) is 83.0 Å². The summed E-state index contributed by atoms with van der Waals surface area (Å²) in [6, 6.07) is 11.8. The van der Waals surface area contributed by atoms with Crippen molar-refractivity contribution in [2.24, 2.45) is 0 Å². The van der Waals surface area contributed by atoms with E-state index in [2.05, 4.69) is 9.97 Å². The van der Waals surface area contributed by atoms with E-state index in [1.807, 2.05) is 18.2 Å². The molecule has 0 spiro atoms. The highest BCUT2D eigenvalue weighted by Gasteiger charge is 2.08. The number of rotatable bonds is 4. The van der Waals surface area contributed by atoms with Crippen LogP contribution in [0.25, 0.3) is 10.9 Å². The van der Waals surface area contributed by atoms with E-state index in [0.717, 1.165) is 5.56 Å². The number of carboxylic acids is 1. The fourth-order valence-electron chi connectivity index (χ4n) is 2.39. The van der Waals surface area contributed by atoms with E-state index < -0.39 is 5.97 Å². The van der Waals surface area contributed by atoms with E-state index >= 15 is 0 Å². The van der Waals surface area contributed by atoms with E-state index in [9.17, 15) is 9.59 Å². The number of aryl methyl sites for hydroxylation is 2. The maximum absolute atomic E-state index is 12.1. The van der Waals surface area contributed by atoms with Crippen LogP contribution in [0.1, 0.15) is 21.7 Å².